The molecular weight excluding hydrogens is 280 g/mol. The summed E-state index contributed by atoms with van der Waals surface area (Å²) in [5.74, 6) is 1.62. The van der Waals surface area contributed by atoms with Gasteiger partial charge in [0.05, 0.1) is 7.11 Å². The number of hydrogen-bond donors (Lipinski definition) is 0. The van der Waals surface area contributed by atoms with Gasteiger partial charge in [-0.1, -0.05) is 12.1 Å². The summed E-state index contributed by atoms with van der Waals surface area (Å²) in [4.78, 5) is 27.6. The van der Waals surface area contributed by atoms with Crippen LogP contribution in [0.2, 0.25) is 0 Å². The lowest BCUT2D eigenvalue weighted by molar-refractivity contribution is -0.139. The normalized spacial score (nSPS) is 24.1. The molecule has 0 N–H and O–H groups in total. The smallest absolute Gasteiger partial charge is 0.226 e. The molecule has 2 amide bonds. The van der Waals surface area contributed by atoms with Crippen LogP contribution >= 0.6 is 0 Å². The fraction of sp³-hybridized carbons (Fsp3) is 0.529. The lowest BCUT2D eigenvalue weighted by Crippen LogP contribution is -2.50. The first-order valence-corrected chi connectivity index (χ1v) is 7.78. The highest BCUT2D eigenvalue weighted by atomic mass is 16.5. The van der Waals surface area contributed by atoms with E-state index in [0.29, 0.717) is 32.1 Å². The van der Waals surface area contributed by atoms with E-state index in [1.165, 1.54) is 5.56 Å². The van der Waals surface area contributed by atoms with Gasteiger partial charge in [0.15, 0.2) is 0 Å². The van der Waals surface area contributed by atoms with Crippen LogP contribution in [-0.4, -0.2) is 54.9 Å². The van der Waals surface area contributed by atoms with Crippen molar-refractivity contribution < 1.29 is 14.3 Å². The second-order valence-corrected chi connectivity index (χ2v) is 6.05. The Labute approximate surface area is 130 Å². The van der Waals surface area contributed by atoms with Gasteiger partial charge in [-0.05, 0) is 30.0 Å². The summed E-state index contributed by atoms with van der Waals surface area (Å²) in [6.45, 7) is 4.20. The van der Waals surface area contributed by atoms with Crippen molar-refractivity contribution in [1.29, 1.82) is 0 Å². The van der Waals surface area contributed by atoms with Crippen LogP contribution in [0, 0.1) is 5.92 Å². The Morgan fingerprint density at radius 2 is 1.64 bits per heavy atom. The number of methoxy groups -OCH3 is 1. The third-order valence-corrected chi connectivity index (χ3v) is 4.69. The molecule has 0 spiro atoms. The van der Waals surface area contributed by atoms with Gasteiger partial charge >= 0.3 is 0 Å². The minimum atomic E-state index is 0.0923. The summed E-state index contributed by atoms with van der Waals surface area (Å²) in [5, 5.41) is 0. The maximum Gasteiger partial charge on any atom is 0.226 e. The Morgan fingerprint density at radius 3 is 2.18 bits per heavy atom. The van der Waals surface area contributed by atoms with Crippen molar-refractivity contribution in [2.75, 3.05) is 33.3 Å². The zero-order chi connectivity index (χ0) is 15.7. The molecule has 0 radical (unpaired) electrons. The molecule has 1 aliphatic carbocycles. The summed E-state index contributed by atoms with van der Waals surface area (Å²) in [6.07, 6.45) is 0.929. The van der Waals surface area contributed by atoms with E-state index in [1.807, 2.05) is 29.2 Å². The Balaban J connectivity index is 1.55. The first kappa shape index (κ1) is 14.9. The second kappa shape index (κ2) is 5.99. The SMILES string of the molecule is COc1ccc(C2CC2C(=O)N2CCN(C(C)=O)CC2)cc1. The van der Waals surface area contributed by atoms with Gasteiger partial charge in [0, 0.05) is 39.0 Å². The van der Waals surface area contributed by atoms with Crippen molar-refractivity contribution in [2.45, 2.75) is 19.3 Å². The molecule has 1 aliphatic heterocycles. The molecule has 22 heavy (non-hydrogen) atoms. The van der Waals surface area contributed by atoms with Crippen LogP contribution in [0.5, 0.6) is 5.75 Å². The molecule has 1 heterocycles. The summed E-state index contributed by atoms with van der Waals surface area (Å²) >= 11 is 0. The summed E-state index contributed by atoms with van der Waals surface area (Å²) in [7, 11) is 1.65. The van der Waals surface area contributed by atoms with Gasteiger partial charge < -0.3 is 14.5 Å². The van der Waals surface area contributed by atoms with Crippen LogP contribution < -0.4 is 4.74 Å². The zero-order valence-electron chi connectivity index (χ0n) is 13.1. The Kier molecular flexibility index (Phi) is 4.05. The van der Waals surface area contributed by atoms with E-state index in [1.54, 1.807) is 18.9 Å². The molecule has 2 aliphatic rings. The van der Waals surface area contributed by atoms with Crippen LogP contribution in [0.4, 0.5) is 0 Å². The number of amides is 2. The van der Waals surface area contributed by atoms with E-state index in [4.69, 9.17) is 4.74 Å². The molecule has 118 valence electrons. The van der Waals surface area contributed by atoms with E-state index in [-0.39, 0.29) is 17.7 Å². The molecule has 0 aromatic heterocycles. The Bertz CT molecular complexity index is 562. The van der Waals surface area contributed by atoms with Gasteiger partial charge in [0.1, 0.15) is 5.75 Å². The minimum absolute atomic E-state index is 0.0923. The molecule has 5 heteroatoms. The van der Waals surface area contributed by atoms with Gasteiger partial charge in [0.25, 0.3) is 0 Å². The molecule has 0 bridgehead atoms. The largest absolute Gasteiger partial charge is 0.497 e. The monoisotopic (exact) mass is 302 g/mol. The van der Waals surface area contributed by atoms with Crippen LogP contribution in [0.3, 0.4) is 0 Å². The summed E-state index contributed by atoms with van der Waals surface area (Å²) in [6, 6.07) is 7.98. The molecule has 1 aromatic rings. The van der Waals surface area contributed by atoms with Crippen LogP contribution in [0.25, 0.3) is 0 Å². The zero-order valence-corrected chi connectivity index (χ0v) is 13.1. The Hall–Kier alpha value is -2.04. The van der Waals surface area contributed by atoms with Crippen molar-refractivity contribution in [2.24, 2.45) is 5.92 Å². The van der Waals surface area contributed by atoms with E-state index < -0.39 is 0 Å². The summed E-state index contributed by atoms with van der Waals surface area (Å²) in [5.41, 5.74) is 1.21. The number of rotatable bonds is 3. The molecule has 1 saturated heterocycles. The van der Waals surface area contributed by atoms with Gasteiger partial charge in [-0.15, -0.1) is 0 Å². The van der Waals surface area contributed by atoms with Crippen molar-refractivity contribution in [1.82, 2.24) is 9.80 Å². The standard InChI is InChI=1S/C17H22N2O3/c1-12(20)18-7-9-19(10-8-18)17(21)16-11-15(16)13-3-5-14(22-2)6-4-13/h3-6,15-16H,7-11H2,1-2H3. The first-order valence-electron chi connectivity index (χ1n) is 7.78. The quantitative estimate of drug-likeness (QED) is 0.850. The van der Waals surface area contributed by atoms with Gasteiger partial charge in [-0.25, -0.2) is 0 Å². The molecule has 5 nitrogen and oxygen atoms in total. The topological polar surface area (TPSA) is 49.9 Å². The number of nitrogens with zero attached hydrogens (tertiary/aromatic N) is 2. The van der Waals surface area contributed by atoms with Crippen molar-refractivity contribution >= 4 is 11.8 Å². The van der Waals surface area contributed by atoms with Crippen molar-refractivity contribution in [3.8, 4) is 5.75 Å². The number of piperazine rings is 1. The Morgan fingerprint density at radius 1 is 1.05 bits per heavy atom. The molecule has 3 rings (SSSR count). The average molecular weight is 302 g/mol. The van der Waals surface area contributed by atoms with Crippen molar-refractivity contribution in [3.05, 3.63) is 29.8 Å². The van der Waals surface area contributed by atoms with E-state index in [2.05, 4.69) is 0 Å². The third-order valence-electron chi connectivity index (χ3n) is 4.69. The lowest BCUT2D eigenvalue weighted by atomic mass is 10.1. The molecule has 1 aromatic carbocycles. The van der Waals surface area contributed by atoms with E-state index >= 15 is 0 Å². The number of benzene rings is 1. The number of hydrogen-bond acceptors (Lipinski definition) is 3. The maximum atomic E-state index is 12.5. The number of carbonyl (C=O) groups is 2. The molecule has 2 atom stereocenters. The van der Waals surface area contributed by atoms with Gasteiger partial charge in [-0.3, -0.25) is 9.59 Å². The fourth-order valence-corrected chi connectivity index (χ4v) is 3.16. The van der Waals surface area contributed by atoms with Gasteiger partial charge in [-0.2, -0.15) is 0 Å². The summed E-state index contributed by atoms with van der Waals surface area (Å²) < 4.78 is 5.16. The highest BCUT2D eigenvalue weighted by Crippen LogP contribution is 2.48. The molecule has 2 fully saturated rings. The fourth-order valence-electron chi connectivity index (χ4n) is 3.16. The van der Waals surface area contributed by atoms with Crippen LogP contribution in [-0.2, 0) is 9.59 Å². The first-order chi connectivity index (χ1) is 10.6. The second-order valence-electron chi connectivity index (χ2n) is 6.05. The third kappa shape index (κ3) is 2.93. The highest BCUT2D eigenvalue weighted by molar-refractivity contribution is 5.83. The highest BCUT2D eigenvalue weighted by Gasteiger charge is 2.46. The minimum Gasteiger partial charge on any atom is -0.497 e. The van der Waals surface area contributed by atoms with Crippen LogP contribution in [0.15, 0.2) is 24.3 Å². The van der Waals surface area contributed by atoms with Crippen molar-refractivity contribution in [3.63, 3.8) is 0 Å². The molecule has 2 unspecified atom stereocenters. The predicted molar refractivity (Wildman–Crippen MR) is 82.7 cm³/mol. The van der Waals surface area contributed by atoms with Crippen LogP contribution in [0.1, 0.15) is 24.8 Å². The number of ether oxygens (including phenoxy) is 1. The number of carbonyl (C=O) groups excluding carboxylic acids is 2. The lowest BCUT2D eigenvalue weighted by Gasteiger charge is -2.34. The van der Waals surface area contributed by atoms with Gasteiger partial charge in [0.2, 0.25) is 11.8 Å². The average Bonchev–Trinajstić information content (AvgIpc) is 3.35. The van der Waals surface area contributed by atoms with E-state index in [0.717, 1.165) is 12.2 Å². The molecule has 1 saturated carbocycles. The molecular formula is C17H22N2O3. The maximum absolute atomic E-state index is 12.5. The van der Waals surface area contributed by atoms with E-state index in [9.17, 15) is 9.59 Å². The predicted octanol–water partition coefficient (Wildman–Crippen LogP) is 1.49.